The van der Waals surface area contributed by atoms with Crippen molar-refractivity contribution in [3.8, 4) is 17.3 Å². The number of aryl methyl sites for hydroxylation is 1. The molecule has 0 aliphatic carbocycles. The molecular formula is C18H16N2O2. The fourth-order valence-electron chi connectivity index (χ4n) is 2.10. The van der Waals surface area contributed by atoms with E-state index < -0.39 is 0 Å². The Kier molecular flexibility index (Phi) is 4.01. The topological polar surface area (TPSA) is 58.1 Å². The van der Waals surface area contributed by atoms with Crippen molar-refractivity contribution in [3.05, 3.63) is 66.2 Å². The highest BCUT2D eigenvalue weighted by atomic mass is 16.5. The molecule has 0 aliphatic rings. The highest BCUT2D eigenvalue weighted by Crippen LogP contribution is 2.36. The normalized spacial score (nSPS) is 11.1. The maximum absolute atomic E-state index is 9.85. The van der Waals surface area contributed by atoms with E-state index in [0.29, 0.717) is 11.4 Å². The Labute approximate surface area is 128 Å². The number of hydrogen-bond donors (Lipinski definition) is 1. The van der Waals surface area contributed by atoms with Crippen LogP contribution in [-0.2, 0) is 6.42 Å². The first-order chi connectivity index (χ1) is 10.8. The van der Waals surface area contributed by atoms with Crippen LogP contribution in [0.25, 0.3) is 11.3 Å². The van der Waals surface area contributed by atoms with E-state index in [1.807, 2.05) is 54.6 Å². The van der Waals surface area contributed by atoms with Crippen LogP contribution in [0.5, 0.6) is 5.95 Å². The zero-order chi connectivity index (χ0) is 15.4. The van der Waals surface area contributed by atoms with Gasteiger partial charge in [-0.1, -0.05) is 49.4 Å². The molecule has 0 unspecified atom stereocenters. The molecular weight excluding hydrogens is 276 g/mol. The van der Waals surface area contributed by atoms with E-state index in [4.69, 9.17) is 4.42 Å². The van der Waals surface area contributed by atoms with Crippen molar-refractivity contribution in [1.29, 1.82) is 0 Å². The van der Waals surface area contributed by atoms with Gasteiger partial charge in [-0.3, -0.25) is 0 Å². The van der Waals surface area contributed by atoms with E-state index in [1.54, 1.807) is 6.07 Å². The Bertz CT molecular complexity index is 775. The second-order valence-corrected chi connectivity index (χ2v) is 4.89. The van der Waals surface area contributed by atoms with Crippen molar-refractivity contribution < 1.29 is 9.52 Å². The summed E-state index contributed by atoms with van der Waals surface area (Å²) in [4.78, 5) is 0. The first-order valence-corrected chi connectivity index (χ1v) is 7.15. The van der Waals surface area contributed by atoms with Gasteiger partial charge in [0.05, 0.1) is 5.69 Å². The van der Waals surface area contributed by atoms with E-state index in [0.717, 1.165) is 17.7 Å². The van der Waals surface area contributed by atoms with Crippen LogP contribution in [0.1, 0.15) is 12.5 Å². The van der Waals surface area contributed by atoms with Gasteiger partial charge in [0, 0.05) is 11.6 Å². The van der Waals surface area contributed by atoms with Crippen LogP contribution in [0.2, 0.25) is 0 Å². The number of azo groups is 1. The van der Waals surface area contributed by atoms with Crippen LogP contribution < -0.4 is 0 Å². The molecule has 0 radical (unpaired) electrons. The number of benzene rings is 2. The molecule has 0 saturated carbocycles. The molecule has 0 saturated heterocycles. The summed E-state index contributed by atoms with van der Waals surface area (Å²) in [5, 5.41) is 18.0. The average Bonchev–Trinajstić information content (AvgIpc) is 2.95. The van der Waals surface area contributed by atoms with Gasteiger partial charge >= 0.3 is 5.95 Å². The van der Waals surface area contributed by atoms with Gasteiger partial charge in [-0.15, -0.1) is 5.11 Å². The Hall–Kier alpha value is -2.88. The summed E-state index contributed by atoms with van der Waals surface area (Å²) in [6.45, 7) is 2.11. The van der Waals surface area contributed by atoms with Gasteiger partial charge in [0.2, 0.25) is 0 Å². The van der Waals surface area contributed by atoms with Crippen molar-refractivity contribution in [2.24, 2.45) is 10.2 Å². The van der Waals surface area contributed by atoms with Gasteiger partial charge in [0.25, 0.3) is 0 Å². The molecule has 1 N–H and O–H groups in total. The molecule has 2 aromatic carbocycles. The molecule has 4 heteroatoms. The predicted octanol–water partition coefficient (Wildman–Crippen LogP) is 5.63. The Morgan fingerprint density at radius 2 is 1.68 bits per heavy atom. The third-order valence-corrected chi connectivity index (χ3v) is 3.37. The van der Waals surface area contributed by atoms with Crippen LogP contribution in [0.3, 0.4) is 0 Å². The second kappa shape index (κ2) is 6.26. The summed E-state index contributed by atoms with van der Waals surface area (Å²) in [7, 11) is 0. The number of rotatable bonds is 4. The zero-order valence-electron chi connectivity index (χ0n) is 12.2. The summed E-state index contributed by atoms with van der Waals surface area (Å²) < 4.78 is 5.36. The summed E-state index contributed by atoms with van der Waals surface area (Å²) in [6.07, 6.45) is 0.986. The monoisotopic (exact) mass is 292 g/mol. The van der Waals surface area contributed by atoms with Gasteiger partial charge in [0.15, 0.2) is 5.69 Å². The van der Waals surface area contributed by atoms with Gasteiger partial charge in [-0.2, -0.15) is 5.11 Å². The lowest BCUT2D eigenvalue weighted by Crippen LogP contribution is -1.79. The van der Waals surface area contributed by atoms with Crippen LogP contribution >= 0.6 is 0 Å². The van der Waals surface area contributed by atoms with Crippen molar-refractivity contribution in [2.45, 2.75) is 13.3 Å². The third kappa shape index (κ3) is 3.06. The lowest BCUT2D eigenvalue weighted by Gasteiger charge is -1.98. The van der Waals surface area contributed by atoms with E-state index in [-0.39, 0.29) is 5.95 Å². The number of hydrogen-bond acceptors (Lipinski definition) is 4. The van der Waals surface area contributed by atoms with Crippen molar-refractivity contribution in [3.63, 3.8) is 0 Å². The molecule has 0 fully saturated rings. The lowest BCUT2D eigenvalue weighted by molar-refractivity contribution is 0.339. The van der Waals surface area contributed by atoms with Gasteiger partial charge < -0.3 is 9.52 Å². The zero-order valence-corrected chi connectivity index (χ0v) is 12.2. The van der Waals surface area contributed by atoms with Gasteiger partial charge in [-0.25, -0.2) is 0 Å². The predicted molar refractivity (Wildman–Crippen MR) is 85.8 cm³/mol. The van der Waals surface area contributed by atoms with Crippen LogP contribution in [0, 0.1) is 0 Å². The largest absolute Gasteiger partial charge is 0.479 e. The van der Waals surface area contributed by atoms with Crippen molar-refractivity contribution in [2.75, 3.05) is 0 Å². The van der Waals surface area contributed by atoms with Gasteiger partial charge in [-0.05, 0) is 24.1 Å². The molecule has 3 aromatic rings. The summed E-state index contributed by atoms with van der Waals surface area (Å²) in [5.74, 6) is 0.344. The highest BCUT2D eigenvalue weighted by molar-refractivity contribution is 5.65. The van der Waals surface area contributed by atoms with Crippen molar-refractivity contribution in [1.82, 2.24) is 0 Å². The molecule has 3 rings (SSSR count). The maximum atomic E-state index is 9.85. The van der Waals surface area contributed by atoms with Crippen LogP contribution in [0.15, 0.2) is 75.3 Å². The summed E-state index contributed by atoms with van der Waals surface area (Å²) >= 11 is 0. The molecule has 1 aromatic heterocycles. The number of aromatic hydroxyl groups is 1. The molecule has 4 nitrogen and oxygen atoms in total. The highest BCUT2D eigenvalue weighted by Gasteiger charge is 2.11. The minimum absolute atomic E-state index is 0.228. The molecule has 0 aliphatic heterocycles. The maximum Gasteiger partial charge on any atom is 0.311 e. The van der Waals surface area contributed by atoms with E-state index >= 15 is 0 Å². The minimum atomic E-state index is -0.228. The first-order valence-electron chi connectivity index (χ1n) is 7.15. The summed E-state index contributed by atoms with van der Waals surface area (Å²) in [5.41, 5.74) is 3.19. The molecule has 22 heavy (non-hydrogen) atoms. The Balaban J connectivity index is 1.85. The lowest BCUT2D eigenvalue weighted by atomic mass is 10.1. The fraction of sp³-hybridized carbons (Fsp3) is 0.111. The average molecular weight is 292 g/mol. The molecule has 0 amide bonds. The van der Waals surface area contributed by atoms with Crippen LogP contribution in [0.4, 0.5) is 11.4 Å². The molecule has 0 atom stereocenters. The second-order valence-electron chi connectivity index (χ2n) is 4.89. The Morgan fingerprint density at radius 3 is 2.36 bits per heavy atom. The van der Waals surface area contributed by atoms with Crippen molar-refractivity contribution >= 4 is 11.4 Å². The fourth-order valence-corrected chi connectivity index (χ4v) is 2.10. The molecule has 0 spiro atoms. The number of nitrogens with zero attached hydrogens (tertiary/aromatic N) is 2. The van der Waals surface area contributed by atoms with Crippen LogP contribution in [-0.4, -0.2) is 5.11 Å². The third-order valence-electron chi connectivity index (χ3n) is 3.37. The number of furan rings is 1. The minimum Gasteiger partial charge on any atom is -0.479 e. The molecule has 110 valence electrons. The standard InChI is InChI=1S/C18H16N2O2/c1-2-13-8-10-14(11-9-13)17-12-16(18(21)22-17)20-19-15-6-4-3-5-7-15/h3-12,21H,2H2,1H3. The molecule has 1 heterocycles. The summed E-state index contributed by atoms with van der Waals surface area (Å²) in [6, 6.07) is 19.0. The smallest absolute Gasteiger partial charge is 0.311 e. The quantitative estimate of drug-likeness (QED) is 0.633. The first kappa shape index (κ1) is 14.1. The van der Waals surface area contributed by atoms with Gasteiger partial charge in [0.1, 0.15) is 5.76 Å². The SMILES string of the molecule is CCc1ccc(-c2cc(N=Nc3ccccc3)c(O)o2)cc1. The van der Waals surface area contributed by atoms with E-state index in [9.17, 15) is 5.11 Å². The Morgan fingerprint density at radius 1 is 0.955 bits per heavy atom. The molecule has 0 bridgehead atoms. The van der Waals surface area contributed by atoms with E-state index in [2.05, 4.69) is 17.2 Å². The van der Waals surface area contributed by atoms with E-state index in [1.165, 1.54) is 5.56 Å².